The summed E-state index contributed by atoms with van der Waals surface area (Å²) in [5.41, 5.74) is 1.83. The summed E-state index contributed by atoms with van der Waals surface area (Å²) in [6.45, 7) is 1.72. The van der Waals surface area contributed by atoms with Gasteiger partial charge in [0.15, 0.2) is 19.0 Å². The van der Waals surface area contributed by atoms with Crippen molar-refractivity contribution in [3.05, 3.63) is 83.9 Å². The molecule has 0 bridgehead atoms. The minimum absolute atomic E-state index is 0.180. The predicted octanol–water partition coefficient (Wildman–Crippen LogP) is 3.43. The smallest absolute Gasteiger partial charge is 0.265 e. The molecule has 0 saturated carbocycles. The molecule has 1 atom stereocenters. The number of nitrogens with one attached hydrogen (secondary N) is 1. The summed E-state index contributed by atoms with van der Waals surface area (Å²) in [6, 6.07) is 20.8. The minimum Gasteiger partial charge on any atom is -0.497 e. The fourth-order valence-electron chi connectivity index (χ4n) is 3.93. The van der Waals surface area contributed by atoms with Crippen molar-refractivity contribution in [3.8, 4) is 17.2 Å². The van der Waals surface area contributed by atoms with E-state index in [1.54, 1.807) is 56.5 Å². The van der Waals surface area contributed by atoms with Gasteiger partial charge in [0.25, 0.3) is 5.91 Å². The average molecular weight is 489 g/mol. The van der Waals surface area contributed by atoms with Crippen molar-refractivity contribution in [1.29, 1.82) is 0 Å². The van der Waals surface area contributed by atoms with Crippen LogP contribution in [0.5, 0.6) is 17.2 Å². The van der Waals surface area contributed by atoms with Crippen LogP contribution in [0.15, 0.2) is 72.8 Å². The normalized spacial score (nSPS) is 13.3. The first-order chi connectivity index (χ1) is 17.5. The second-order valence-corrected chi connectivity index (χ2v) is 8.33. The van der Waals surface area contributed by atoms with Gasteiger partial charge in [0.2, 0.25) is 5.91 Å². The Hall–Kier alpha value is -4.33. The number of anilines is 1. The molecule has 0 radical (unpaired) electrons. The van der Waals surface area contributed by atoms with Gasteiger partial charge in [-0.15, -0.1) is 0 Å². The molecule has 8 nitrogen and oxygen atoms in total. The Morgan fingerprint density at radius 3 is 2.58 bits per heavy atom. The van der Waals surface area contributed by atoms with E-state index in [2.05, 4.69) is 5.32 Å². The number of Topliss-reactive ketones (excluding diaryl/α,β-unsaturated/α-hetero) is 1. The quantitative estimate of drug-likeness (QED) is 0.440. The molecule has 4 rings (SSSR count). The SMILES string of the molecule is COc1cccc(OCC(=O)c2ccc3c(c2)N(C(C)C(=O)NCCc2ccccc2)C(=O)CO3)c1. The van der Waals surface area contributed by atoms with Gasteiger partial charge in [-0.2, -0.15) is 0 Å². The molecule has 1 N–H and O–H groups in total. The topological polar surface area (TPSA) is 94.2 Å². The highest BCUT2D eigenvalue weighted by Crippen LogP contribution is 2.34. The van der Waals surface area contributed by atoms with Crippen LogP contribution in [-0.4, -0.2) is 50.5 Å². The third kappa shape index (κ3) is 5.83. The first-order valence-corrected chi connectivity index (χ1v) is 11.7. The monoisotopic (exact) mass is 488 g/mol. The van der Waals surface area contributed by atoms with Crippen LogP contribution in [-0.2, 0) is 16.0 Å². The van der Waals surface area contributed by atoms with E-state index < -0.39 is 6.04 Å². The molecule has 36 heavy (non-hydrogen) atoms. The first-order valence-electron chi connectivity index (χ1n) is 11.7. The summed E-state index contributed by atoms with van der Waals surface area (Å²) >= 11 is 0. The van der Waals surface area contributed by atoms with Crippen LogP contribution in [0.4, 0.5) is 5.69 Å². The molecule has 0 aromatic heterocycles. The lowest BCUT2D eigenvalue weighted by atomic mass is 10.1. The lowest BCUT2D eigenvalue weighted by Gasteiger charge is -2.33. The van der Waals surface area contributed by atoms with Crippen molar-refractivity contribution >= 4 is 23.3 Å². The van der Waals surface area contributed by atoms with E-state index in [9.17, 15) is 14.4 Å². The number of fused-ring (bicyclic) bond motifs is 1. The number of hydrogen-bond acceptors (Lipinski definition) is 6. The van der Waals surface area contributed by atoms with Crippen molar-refractivity contribution in [2.75, 3.05) is 31.8 Å². The highest BCUT2D eigenvalue weighted by atomic mass is 16.5. The lowest BCUT2D eigenvalue weighted by Crippen LogP contribution is -2.51. The Balaban J connectivity index is 1.44. The van der Waals surface area contributed by atoms with E-state index in [1.165, 1.54) is 4.90 Å². The summed E-state index contributed by atoms with van der Waals surface area (Å²) in [5.74, 6) is 0.635. The number of benzene rings is 3. The molecule has 1 heterocycles. The molecular formula is C28H28N2O6. The van der Waals surface area contributed by atoms with Gasteiger partial charge in [-0.3, -0.25) is 19.3 Å². The number of hydrogen-bond donors (Lipinski definition) is 1. The molecule has 2 amide bonds. The van der Waals surface area contributed by atoms with Crippen LogP contribution in [0.3, 0.4) is 0 Å². The Morgan fingerprint density at radius 1 is 1.03 bits per heavy atom. The lowest BCUT2D eigenvalue weighted by molar-refractivity contribution is -0.127. The maximum atomic E-state index is 12.9. The fraction of sp³-hybridized carbons (Fsp3) is 0.250. The zero-order valence-electron chi connectivity index (χ0n) is 20.2. The minimum atomic E-state index is -0.783. The zero-order chi connectivity index (χ0) is 25.5. The Morgan fingerprint density at radius 2 is 1.81 bits per heavy atom. The van der Waals surface area contributed by atoms with E-state index in [0.29, 0.717) is 41.5 Å². The summed E-state index contributed by atoms with van der Waals surface area (Å²) in [4.78, 5) is 39.9. The second-order valence-electron chi connectivity index (χ2n) is 8.33. The largest absolute Gasteiger partial charge is 0.497 e. The van der Waals surface area contributed by atoms with Gasteiger partial charge in [0, 0.05) is 18.2 Å². The Labute approximate surface area is 209 Å². The number of amides is 2. The summed E-state index contributed by atoms with van der Waals surface area (Å²) < 4.78 is 16.3. The first kappa shape index (κ1) is 24.8. The number of rotatable bonds is 10. The number of nitrogens with zero attached hydrogens (tertiary/aromatic N) is 1. The van der Waals surface area contributed by atoms with Crippen LogP contribution in [0.1, 0.15) is 22.8 Å². The molecule has 3 aromatic carbocycles. The van der Waals surface area contributed by atoms with Gasteiger partial charge in [0.1, 0.15) is 23.3 Å². The van der Waals surface area contributed by atoms with Gasteiger partial charge < -0.3 is 19.5 Å². The number of methoxy groups -OCH3 is 1. The highest BCUT2D eigenvalue weighted by Gasteiger charge is 2.33. The van der Waals surface area contributed by atoms with Crippen molar-refractivity contribution in [3.63, 3.8) is 0 Å². The summed E-state index contributed by atoms with van der Waals surface area (Å²) in [6.07, 6.45) is 0.679. The van der Waals surface area contributed by atoms with Crippen molar-refractivity contribution in [2.45, 2.75) is 19.4 Å². The van der Waals surface area contributed by atoms with Gasteiger partial charge in [-0.05, 0) is 49.2 Å². The van der Waals surface area contributed by atoms with Crippen LogP contribution in [0, 0.1) is 0 Å². The number of ether oxygens (including phenoxy) is 3. The van der Waals surface area contributed by atoms with E-state index in [1.807, 2.05) is 30.3 Å². The molecular weight excluding hydrogens is 460 g/mol. The Bertz CT molecular complexity index is 1240. The molecule has 1 aliphatic rings. The predicted molar refractivity (Wildman–Crippen MR) is 135 cm³/mol. The molecule has 1 aliphatic heterocycles. The van der Waals surface area contributed by atoms with E-state index >= 15 is 0 Å². The van der Waals surface area contributed by atoms with Gasteiger partial charge >= 0.3 is 0 Å². The molecule has 0 saturated heterocycles. The highest BCUT2D eigenvalue weighted by molar-refractivity contribution is 6.05. The van der Waals surface area contributed by atoms with Crippen molar-refractivity contribution < 1.29 is 28.6 Å². The van der Waals surface area contributed by atoms with Gasteiger partial charge in [-0.1, -0.05) is 36.4 Å². The molecule has 3 aromatic rings. The van der Waals surface area contributed by atoms with Crippen LogP contribution >= 0.6 is 0 Å². The molecule has 0 spiro atoms. The molecule has 186 valence electrons. The van der Waals surface area contributed by atoms with Gasteiger partial charge in [-0.25, -0.2) is 0 Å². The standard InChI is InChI=1S/C28H28N2O6/c1-19(28(33)29-14-13-20-7-4-3-5-8-20)30-24-15-21(11-12-26(24)36-18-27(30)32)25(31)17-35-23-10-6-9-22(16-23)34-2/h3-12,15-16,19H,13-14,17-18H2,1-2H3,(H,29,33). The van der Waals surface area contributed by atoms with Crippen LogP contribution in [0.2, 0.25) is 0 Å². The molecule has 0 aliphatic carbocycles. The fourth-order valence-corrected chi connectivity index (χ4v) is 3.93. The zero-order valence-corrected chi connectivity index (χ0v) is 20.2. The summed E-state index contributed by atoms with van der Waals surface area (Å²) in [5, 5.41) is 2.89. The van der Waals surface area contributed by atoms with Gasteiger partial charge in [0.05, 0.1) is 12.8 Å². The number of carbonyl (C=O) groups is 3. The van der Waals surface area contributed by atoms with Crippen LogP contribution in [0.25, 0.3) is 0 Å². The third-order valence-electron chi connectivity index (χ3n) is 5.89. The average Bonchev–Trinajstić information content (AvgIpc) is 2.91. The maximum Gasteiger partial charge on any atom is 0.265 e. The van der Waals surface area contributed by atoms with E-state index in [0.717, 1.165) is 5.56 Å². The molecule has 1 unspecified atom stereocenters. The van der Waals surface area contributed by atoms with Crippen molar-refractivity contribution in [1.82, 2.24) is 5.32 Å². The summed E-state index contributed by atoms with van der Waals surface area (Å²) in [7, 11) is 1.55. The van der Waals surface area contributed by atoms with E-state index in [-0.39, 0.29) is 30.8 Å². The number of ketones is 1. The Kier molecular flexibility index (Phi) is 7.85. The van der Waals surface area contributed by atoms with E-state index in [4.69, 9.17) is 14.2 Å². The van der Waals surface area contributed by atoms with Crippen LogP contribution < -0.4 is 24.4 Å². The molecule has 0 fully saturated rings. The molecule has 8 heteroatoms. The number of carbonyl (C=O) groups excluding carboxylic acids is 3. The van der Waals surface area contributed by atoms with Crippen molar-refractivity contribution in [2.24, 2.45) is 0 Å². The third-order valence-corrected chi connectivity index (χ3v) is 5.89. The maximum absolute atomic E-state index is 12.9. The second kappa shape index (κ2) is 11.4.